The van der Waals surface area contributed by atoms with Gasteiger partial charge in [0, 0.05) is 4.47 Å². The zero-order chi connectivity index (χ0) is 12.3. The molecule has 1 rings (SSSR count). The maximum absolute atomic E-state index is 12.8. The molecule has 1 aromatic carbocycles. The lowest BCUT2D eigenvalue weighted by molar-refractivity contribution is -0.0590. The average Bonchev–Trinajstić information content (AvgIpc) is 2.13. The molecular weight excluding hydrogens is 277 g/mol. The van der Waals surface area contributed by atoms with Gasteiger partial charge in [0.1, 0.15) is 5.82 Å². The van der Waals surface area contributed by atoms with Gasteiger partial charge in [0.05, 0.1) is 11.2 Å². The molecule has 3 nitrogen and oxygen atoms in total. The van der Waals surface area contributed by atoms with Crippen LogP contribution >= 0.6 is 15.9 Å². The van der Waals surface area contributed by atoms with Crippen LogP contribution in [0.4, 0.5) is 4.39 Å². The molecule has 0 fully saturated rings. The number of hydroxylamine groups is 1. The summed E-state index contributed by atoms with van der Waals surface area (Å²) in [5, 5.41) is 0. The van der Waals surface area contributed by atoms with Gasteiger partial charge in [-0.3, -0.25) is 9.63 Å². The molecule has 0 aliphatic rings. The first-order chi connectivity index (χ1) is 7.29. The number of carbonyl (C=O) groups excluding carboxylic acids is 1. The van der Waals surface area contributed by atoms with Crippen molar-refractivity contribution in [3.8, 4) is 0 Å². The molecule has 0 saturated carbocycles. The minimum absolute atomic E-state index is 0.325. The summed E-state index contributed by atoms with van der Waals surface area (Å²) in [5.74, 6) is -0.818. The van der Waals surface area contributed by atoms with Crippen LogP contribution in [-0.2, 0) is 4.84 Å². The van der Waals surface area contributed by atoms with E-state index in [1.807, 2.05) is 20.8 Å². The molecule has 1 N–H and O–H groups in total. The first-order valence-corrected chi connectivity index (χ1v) is 5.52. The van der Waals surface area contributed by atoms with E-state index in [2.05, 4.69) is 21.4 Å². The van der Waals surface area contributed by atoms with E-state index in [0.717, 1.165) is 0 Å². The zero-order valence-corrected chi connectivity index (χ0v) is 10.9. The highest BCUT2D eigenvalue weighted by Gasteiger charge is 2.15. The van der Waals surface area contributed by atoms with Gasteiger partial charge in [-0.15, -0.1) is 0 Å². The van der Waals surface area contributed by atoms with Crippen LogP contribution in [0.25, 0.3) is 0 Å². The van der Waals surface area contributed by atoms with Crippen molar-refractivity contribution in [3.05, 3.63) is 34.1 Å². The lowest BCUT2D eigenvalue weighted by Gasteiger charge is -2.19. The van der Waals surface area contributed by atoms with Crippen LogP contribution in [0.5, 0.6) is 0 Å². The highest BCUT2D eigenvalue weighted by Crippen LogP contribution is 2.18. The van der Waals surface area contributed by atoms with Crippen molar-refractivity contribution in [3.63, 3.8) is 0 Å². The maximum Gasteiger partial charge on any atom is 0.276 e. The highest BCUT2D eigenvalue weighted by atomic mass is 79.9. The van der Waals surface area contributed by atoms with Gasteiger partial charge >= 0.3 is 0 Å². The van der Waals surface area contributed by atoms with Gasteiger partial charge < -0.3 is 0 Å². The summed E-state index contributed by atoms with van der Waals surface area (Å²) in [6.07, 6.45) is 0. The second kappa shape index (κ2) is 4.93. The van der Waals surface area contributed by atoms with Crippen molar-refractivity contribution in [1.29, 1.82) is 0 Å². The number of rotatable bonds is 2. The van der Waals surface area contributed by atoms with Crippen LogP contribution in [0.3, 0.4) is 0 Å². The Morgan fingerprint density at radius 1 is 1.44 bits per heavy atom. The van der Waals surface area contributed by atoms with Crippen LogP contribution in [-0.4, -0.2) is 11.5 Å². The first-order valence-electron chi connectivity index (χ1n) is 4.73. The van der Waals surface area contributed by atoms with Crippen molar-refractivity contribution < 1.29 is 14.0 Å². The molecular formula is C11H13BrFNO2. The normalized spacial score (nSPS) is 11.3. The van der Waals surface area contributed by atoms with E-state index in [4.69, 9.17) is 4.84 Å². The Bertz CT molecular complexity index is 401. The summed E-state index contributed by atoms with van der Waals surface area (Å²) in [7, 11) is 0. The quantitative estimate of drug-likeness (QED) is 0.850. The fourth-order valence-electron chi connectivity index (χ4n) is 0.928. The predicted molar refractivity (Wildman–Crippen MR) is 62.4 cm³/mol. The Kier molecular flexibility index (Phi) is 4.04. The van der Waals surface area contributed by atoms with Gasteiger partial charge in [0.15, 0.2) is 0 Å². The molecule has 0 saturated heterocycles. The molecule has 88 valence electrons. The fourth-order valence-corrected chi connectivity index (χ4v) is 1.46. The van der Waals surface area contributed by atoms with Crippen LogP contribution < -0.4 is 5.48 Å². The van der Waals surface area contributed by atoms with Crippen molar-refractivity contribution in [2.24, 2.45) is 0 Å². The van der Waals surface area contributed by atoms with E-state index in [0.29, 0.717) is 10.0 Å². The van der Waals surface area contributed by atoms with Crippen molar-refractivity contribution in [2.75, 3.05) is 0 Å². The minimum Gasteiger partial charge on any atom is -0.268 e. The predicted octanol–water partition coefficient (Wildman–Crippen LogP) is 3.05. The first kappa shape index (κ1) is 13.1. The lowest BCUT2D eigenvalue weighted by Crippen LogP contribution is -2.33. The Labute approximate surface area is 102 Å². The molecule has 5 heteroatoms. The van der Waals surface area contributed by atoms with Gasteiger partial charge in [-0.1, -0.05) is 0 Å². The van der Waals surface area contributed by atoms with Crippen LogP contribution in [0.1, 0.15) is 31.1 Å². The van der Waals surface area contributed by atoms with Crippen LogP contribution in [0.15, 0.2) is 22.7 Å². The molecule has 0 aliphatic heterocycles. The number of hydrogen-bond acceptors (Lipinski definition) is 2. The monoisotopic (exact) mass is 289 g/mol. The summed E-state index contributed by atoms with van der Waals surface area (Å²) in [6.45, 7) is 5.44. The fraction of sp³-hybridized carbons (Fsp3) is 0.364. The third-order valence-electron chi connectivity index (χ3n) is 1.63. The second-order valence-electron chi connectivity index (χ2n) is 4.27. The largest absolute Gasteiger partial charge is 0.276 e. The molecule has 0 aromatic heterocycles. The Balaban J connectivity index is 2.74. The van der Waals surface area contributed by atoms with Gasteiger partial charge in [-0.25, -0.2) is 9.87 Å². The number of amides is 1. The van der Waals surface area contributed by atoms with Gasteiger partial charge in [-0.2, -0.15) is 0 Å². The Morgan fingerprint density at radius 2 is 2.06 bits per heavy atom. The summed E-state index contributed by atoms with van der Waals surface area (Å²) in [4.78, 5) is 16.8. The maximum atomic E-state index is 12.8. The van der Waals surface area contributed by atoms with Gasteiger partial charge in [0.25, 0.3) is 5.91 Å². The van der Waals surface area contributed by atoms with Crippen LogP contribution in [0.2, 0.25) is 0 Å². The SMILES string of the molecule is CC(C)(C)ONC(=O)c1ccc(F)cc1Br. The van der Waals surface area contributed by atoms with Crippen molar-refractivity contribution in [2.45, 2.75) is 26.4 Å². The van der Waals surface area contributed by atoms with E-state index in [9.17, 15) is 9.18 Å². The molecule has 0 heterocycles. The van der Waals surface area contributed by atoms with Gasteiger partial charge in [0.2, 0.25) is 0 Å². The minimum atomic E-state index is -0.470. The Hall–Kier alpha value is -0.940. The van der Waals surface area contributed by atoms with Gasteiger partial charge in [-0.05, 0) is 54.9 Å². The Morgan fingerprint density at radius 3 is 2.56 bits per heavy atom. The van der Waals surface area contributed by atoms with E-state index >= 15 is 0 Å². The number of hydrogen-bond donors (Lipinski definition) is 1. The standard InChI is InChI=1S/C11H13BrFNO2/c1-11(2,3)16-14-10(15)8-5-4-7(13)6-9(8)12/h4-6H,1-3H3,(H,14,15). The van der Waals surface area contributed by atoms with E-state index in [1.54, 1.807) is 0 Å². The average molecular weight is 290 g/mol. The molecule has 0 spiro atoms. The molecule has 0 radical (unpaired) electrons. The van der Waals surface area contributed by atoms with Crippen molar-refractivity contribution in [1.82, 2.24) is 5.48 Å². The lowest BCUT2D eigenvalue weighted by atomic mass is 10.2. The summed E-state index contributed by atoms with van der Waals surface area (Å²) < 4.78 is 13.2. The molecule has 1 amide bonds. The number of halogens is 2. The third kappa shape index (κ3) is 3.90. The molecule has 0 aliphatic carbocycles. The molecule has 16 heavy (non-hydrogen) atoms. The van der Waals surface area contributed by atoms with Crippen LogP contribution in [0, 0.1) is 5.82 Å². The number of nitrogens with one attached hydrogen (secondary N) is 1. The molecule has 0 atom stereocenters. The summed E-state index contributed by atoms with van der Waals surface area (Å²) in [5.41, 5.74) is 2.16. The van der Waals surface area contributed by atoms with Crippen molar-refractivity contribution >= 4 is 21.8 Å². The highest BCUT2D eigenvalue weighted by molar-refractivity contribution is 9.10. The molecule has 0 bridgehead atoms. The molecule has 0 unspecified atom stereocenters. The second-order valence-corrected chi connectivity index (χ2v) is 5.12. The number of carbonyl (C=O) groups is 1. The zero-order valence-electron chi connectivity index (χ0n) is 9.30. The summed E-state index contributed by atoms with van der Waals surface area (Å²) in [6, 6.07) is 3.84. The smallest absolute Gasteiger partial charge is 0.268 e. The van der Waals surface area contributed by atoms with E-state index in [-0.39, 0.29) is 0 Å². The van der Waals surface area contributed by atoms with E-state index < -0.39 is 17.3 Å². The number of benzene rings is 1. The molecule has 1 aromatic rings. The summed E-state index contributed by atoms with van der Waals surface area (Å²) >= 11 is 3.11. The third-order valence-corrected chi connectivity index (χ3v) is 2.28. The topological polar surface area (TPSA) is 38.3 Å². The van der Waals surface area contributed by atoms with E-state index in [1.165, 1.54) is 18.2 Å².